The van der Waals surface area contributed by atoms with Crippen molar-refractivity contribution in [3.63, 3.8) is 0 Å². The van der Waals surface area contributed by atoms with E-state index in [0.29, 0.717) is 17.9 Å². The van der Waals surface area contributed by atoms with E-state index in [1.54, 1.807) is 6.07 Å². The third-order valence-corrected chi connectivity index (χ3v) is 3.91. The third kappa shape index (κ3) is 3.28. The summed E-state index contributed by atoms with van der Waals surface area (Å²) in [4.78, 5) is 27.7. The molecule has 0 aromatic carbocycles. The van der Waals surface area contributed by atoms with E-state index in [0.717, 1.165) is 25.7 Å². The second kappa shape index (κ2) is 6.22. The molecule has 2 N–H and O–H groups in total. The molecule has 1 aliphatic rings. The lowest BCUT2D eigenvalue weighted by Crippen LogP contribution is -2.54. The fourth-order valence-electron chi connectivity index (χ4n) is 2.53. The number of hydrogen-bond acceptors (Lipinski definition) is 3. The molecular formula is C14H17ClN2O3. The first kappa shape index (κ1) is 14.8. The zero-order valence-electron chi connectivity index (χ0n) is 11.1. The number of aliphatic carboxylic acids is 1. The lowest BCUT2D eigenvalue weighted by Gasteiger charge is -2.29. The van der Waals surface area contributed by atoms with Crippen molar-refractivity contribution in [2.24, 2.45) is 0 Å². The number of nitrogens with zero attached hydrogens (tertiary/aromatic N) is 1. The quantitative estimate of drug-likeness (QED) is 0.840. The van der Waals surface area contributed by atoms with E-state index >= 15 is 0 Å². The minimum absolute atomic E-state index is 0.141. The van der Waals surface area contributed by atoms with Gasteiger partial charge in [-0.1, -0.05) is 37.3 Å². The molecule has 5 nitrogen and oxygen atoms in total. The van der Waals surface area contributed by atoms with Gasteiger partial charge in [0, 0.05) is 11.2 Å². The van der Waals surface area contributed by atoms with Crippen LogP contribution in [0.2, 0.25) is 5.02 Å². The van der Waals surface area contributed by atoms with Gasteiger partial charge >= 0.3 is 5.97 Å². The highest BCUT2D eigenvalue weighted by Crippen LogP contribution is 2.28. The molecule has 0 bridgehead atoms. The van der Waals surface area contributed by atoms with Gasteiger partial charge in [-0.3, -0.25) is 9.78 Å². The van der Waals surface area contributed by atoms with Crippen LogP contribution in [-0.2, 0) is 4.79 Å². The Balaban J connectivity index is 2.19. The minimum atomic E-state index is -1.18. The smallest absolute Gasteiger partial charge is 0.329 e. The molecule has 1 aromatic rings. The lowest BCUT2D eigenvalue weighted by molar-refractivity contribution is -0.145. The van der Waals surface area contributed by atoms with Crippen molar-refractivity contribution in [1.82, 2.24) is 10.3 Å². The van der Waals surface area contributed by atoms with Crippen molar-refractivity contribution >= 4 is 23.5 Å². The maximum atomic E-state index is 12.2. The number of pyridine rings is 1. The van der Waals surface area contributed by atoms with Gasteiger partial charge < -0.3 is 10.4 Å². The molecule has 1 amide bonds. The second-order valence-corrected chi connectivity index (χ2v) is 5.55. The van der Waals surface area contributed by atoms with Crippen molar-refractivity contribution in [3.8, 4) is 0 Å². The lowest BCUT2D eigenvalue weighted by atomic mass is 9.90. The largest absolute Gasteiger partial charge is 0.480 e. The molecule has 0 unspecified atom stereocenters. The summed E-state index contributed by atoms with van der Waals surface area (Å²) in [5.74, 6) is -1.47. The van der Waals surface area contributed by atoms with Crippen LogP contribution >= 0.6 is 11.6 Å². The van der Waals surface area contributed by atoms with Crippen LogP contribution in [0.25, 0.3) is 0 Å². The predicted octanol–water partition coefficient (Wildman–Crippen LogP) is 2.64. The monoisotopic (exact) mass is 296 g/mol. The van der Waals surface area contributed by atoms with Gasteiger partial charge in [-0.2, -0.15) is 0 Å². The topological polar surface area (TPSA) is 79.3 Å². The number of hydrogen-bond donors (Lipinski definition) is 2. The summed E-state index contributed by atoms with van der Waals surface area (Å²) >= 11 is 5.82. The molecule has 108 valence electrons. The first-order chi connectivity index (χ1) is 9.53. The van der Waals surface area contributed by atoms with E-state index < -0.39 is 17.4 Å². The number of carboxylic acid groups (broad SMARTS) is 1. The molecule has 0 atom stereocenters. The molecule has 1 fully saturated rings. The average molecular weight is 297 g/mol. The van der Waals surface area contributed by atoms with Crippen molar-refractivity contribution < 1.29 is 14.7 Å². The van der Waals surface area contributed by atoms with Crippen LogP contribution in [0.4, 0.5) is 0 Å². The summed E-state index contributed by atoms with van der Waals surface area (Å²) in [6, 6.07) is 3.00. The summed E-state index contributed by atoms with van der Waals surface area (Å²) in [6.45, 7) is 0. The molecule has 0 saturated heterocycles. The Morgan fingerprint density at radius 2 is 1.90 bits per heavy atom. The zero-order valence-corrected chi connectivity index (χ0v) is 11.8. The minimum Gasteiger partial charge on any atom is -0.480 e. The number of carboxylic acids is 1. The molecule has 1 aromatic heterocycles. The van der Waals surface area contributed by atoms with Gasteiger partial charge in [0.1, 0.15) is 11.2 Å². The number of carbonyl (C=O) groups excluding carboxylic acids is 1. The first-order valence-electron chi connectivity index (χ1n) is 6.71. The van der Waals surface area contributed by atoms with Crippen LogP contribution in [-0.4, -0.2) is 27.5 Å². The van der Waals surface area contributed by atoms with E-state index in [2.05, 4.69) is 10.3 Å². The Bertz CT molecular complexity index is 511. The fraction of sp³-hybridized carbons (Fsp3) is 0.500. The summed E-state index contributed by atoms with van der Waals surface area (Å²) in [5.41, 5.74) is -1.04. The van der Waals surface area contributed by atoms with E-state index in [9.17, 15) is 14.7 Å². The van der Waals surface area contributed by atoms with Crippen molar-refractivity contribution in [1.29, 1.82) is 0 Å². The number of rotatable bonds is 3. The van der Waals surface area contributed by atoms with Gasteiger partial charge in [-0.05, 0) is 25.0 Å². The highest BCUT2D eigenvalue weighted by atomic mass is 35.5. The van der Waals surface area contributed by atoms with Crippen LogP contribution in [0.3, 0.4) is 0 Å². The molecule has 2 rings (SSSR count). The maximum absolute atomic E-state index is 12.2. The van der Waals surface area contributed by atoms with Gasteiger partial charge in [0.15, 0.2) is 0 Å². The molecule has 20 heavy (non-hydrogen) atoms. The third-order valence-electron chi connectivity index (χ3n) is 3.67. The summed E-state index contributed by atoms with van der Waals surface area (Å²) in [5, 5.41) is 12.6. The molecule has 0 radical (unpaired) electrons. The Kier molecular flexibility index (Phi) is 4.60. The van der Waals surface area contributed by atoms with Gasteiger partial charge in [0.25, 0.3) is 5.91 Å². The highest BCUT2D eigenvalue weighted by molar-refractivity contribution is 6.30. The van der Waals surface area contributed by atoms with Crippen LogP contribution < -0.4 is 5.32 Å². The molecule has 1 saturated carbocycles. The standard InChI is InChI=1S/C14H17ClN2O3/c15-10-5-8-16-11(9-10)12(18)17-14(13(19)20)6-3-1-2-4-7-14/h5,8-9H,1-4,6-7H2,(H,17,18)(H,19,20). The number of nitrogens with one attached hydrogen (secondary N) is 1. The number of halogens is 1. The molecule has 6 heteroatoms. The van der Waals surface area contributed by atoms with Gasteiger partial charge in [-0.25, -0.2) is 4.79 Å². The summed E-state index contributed by atoms with van der Waals surface area (Å²) < 4.78 is 0. The van der Waals surface area contributed by atoms with Crippen LogP contribution in [0, 0.1) is 0 Å². The second-order valence-electron chi connectivity index (χ2n) is 5.11. The van der Waals surface area contributed by atoms with Crippen LogP contribution in [0.15, 0.2) is 18.3 Å². The van der Waals surface area contributed by atoms with Gasteiger partial charge in [-0.15, -0.1) is 0 Å². The number of amides is 1. The Hall–Kier alpha value is -1.62. The first-order valence-corrected chi connectivity index (χ1v) is 7.09. The Labute approximate surface area is 122 Å². The maximum Gasteiger partial charge on any atom is 0.329 e. The zero-order chi connectivity index (χ0) is 14.6. The molecular weight excluding hydrogens is 280 g/mol. The van der Waals surface area contributed by atoms with Crippen molar-refractivity contribution in [2.45, 2.75) is 44.1 Å². The SMILES string of the molecule is O=C(NC1(C(=O)O)CCCCCC1)c1cc(Cl)ccn1. The van der Waals surface area contributed by atoms with Crippen LogP contribution in [0.1, 0.15) is 49.0 Å². The average Bonchev–Trinajstić information content (AvgIpc) is 2.65. The fourth-order valence-corrected chi connectivity index (χ4v) is 2.69. The van der Waals surface area contributed by atoms with Gasteiger partial charge in [0.05, 0.1) is 0 Å². The molecule has 0 spiro atoms. The van der Waals surface area contributed by atoms with E-state index in [1.165, 1.54) is 12.3 Å². The van der Waals surface area contributed by atoms with E-state index in [-0.39, 0.29) is 5.69 Å². The predicted molar refractivity (Wildman–Crippen MR) is 74.8 cm³/mol. The molecule has 1 heterocycles. The summed E-state index contributed by atoms with van der Waals surface area (Å²) in [6.07, 6.45) is 5.94. The van der Waals surface area contributed by atoms with Crippen LogP contribution in [0.5, 0.6) is 0 Å². The van der Waals surface area contributed by atoms with E-state index in [1.807, 2.05) is 0 Å². The molecule has 0 aliphatic heterocycles. The highest BCUT2D eigenvalue weighted by Gasteiger charge is 2.40. The number of carbonyl (C=O) groups is 2. The van der Waals surface area contributed by atoms with Crippen molar-refractivity contribution in [2.75, 3.05) is 0 Å². The number of aromatic nitrogens is 1. The summed E-state index contributed by atoms with van der Waals surface area (Å²) in [7, 11) is 0. The Morgan fingerprint density at radius 1 is 1.25 bits per heavy atom. The Morgan fingerprint density at radius 3 is 2.45 bits per heavy atom. The normalized spacial score (nSPS) is 18.1. The molecule has 1 aliphatic carbocycles. The van der Waals surface area contributed by atoms with E-state index in [4.69, 9.17) is 11.6 Å². The van der Waals surface area contributed by atoms with Crippen molar-refractivity contribution in [3.05, 3.63) is 29.0 Å². The van der Waals surface area contributed by atoms with Gasteiger partial charge in [0.2, 0.25) is 0 Å².